The van der Waals surface area contributed by atoms with Crippen LogP contribution < -0.4 is 5.73 Å². The van der Waals surface area contributed by atoms with Gasteiger partial charge in [0.05, 0.1) is 5.69 Å². The molecule has 0 unspecified atom stereocenters. The van der Waals surface area contributed by atoms with E-state index in [1.807, 2.05) is 36.4 Å². The first-order chi connectivity index (χ1) is 9.24. The lowest BCUT2D eigenvalue weighted by molar-refractivity contribution is 0.825. The number of nitrogens with zero attached hydrogens (tertiary/aromatic N) is 4. The van der Waals surface area contributed by atoms with E-state index in [1.54, 1.807) is 16.9 Å². The van der Waals surface area contributed by atoms with Gasteiger partial charge in [-0.2, -0.15) is 14.9 Å². The molecule has 0 amide bonds. The van der Waals surface area contributed by atoms with Gasteiger partial charge in [0.15, 0.2) is 5.82 Å². The number of benzene rings is 1. The van der Waals surface area contributed by atoms with Crippen LogP contribution in [0.1, 0.15) is 5.56 Å². The summed E-state index contributed by atoms with van der Waals surface area (Å²) in [4.78, 5) is 0. The smallest absolute Gasteiger partial charge is 0.177 e. The van der Waals surface area contributed by atoms with Crippen LogP contribution in [0.5, 0.6) is 0 Å². The van der Waals surface area contributed by atoms with Crippen LogP contribution in [0, 0.1) is 6.92 Å². The molecule has 2 N–H and O–H groups in total. The number of anilines is 1. The Kier molecular flexibility index (Phi) is 2.72. The lowest BCUT2D eigenvalue weighted by Crippen LogP contribution is -2.04. The molecule has 19 heavy (non-hydrogen) atoms. The number of nitrogen functional groups attached to an aromatic ring is 1. The highest BCUT2D eigenvalue weighted by Crippen LogP contribution is 2.22. The Balaban J connectivity index is 2.04. The summed E-state index contributed by atoms with van der Waals surface area (Å²) in [5.74, 6) is 1.15. The number of nitrogens with two attached hydrogens (primary N) is 1. The Bertz CT molecular complexity index is 686. The highest BCUT2D eigenvalue weighted by molar-refractivity contribution is 5.63. The quantitative estimate of drug-likeness (QED) is 0.758. The van der Waals surface area contributed by atoms with Crippen molar-refractivity contribution in [2.24, 2.45) is 0 Å². The second kappa shape index (κ2) is 4.53. The summed E-state index contributed by atoms with van der Waals surface area (Å²) >= 11 is 0. The predicted molar refractivity (Wildman–Crippen MR) is 73.7 cm³/mol. The minimum absolute atomic E-state index is 0.538. The summed E-state index contributed by atoms with van der Waals surface area (Å²) in [5.41, 5.74) is 9.04. The van der Waals surface area contributed by atoms with Crippen LogP contribution >= 0.6 is 0 Å². The lowest BCUT2D eigenvalue weighted by Gasteiger charge is -2.00. The molecule has 2 heterocycles. The zero-order valence-corrected chi connectivity index (χ0v) is 10.5. The van der Waals surface area contributed by atoms with Crippen LogP contribution in [-0.2, 0) is 0 Å². The van der Waals surface area contributed by atoms with Crippen LogP contribution in [0.4, 0.5) is 5.82 Å². The van der Waals surface area contributed by atoms with Crippen molar-refractivity contribution in [1.82, 2.24) is 20.0 Å². The van der Waals surface area contributed by atoms with Crippen molar-refractivity contribution in [2.75, 3.05) is 5.73 Å². The molecule has 3 rings (SSSR count). The van der Waals surface area contributed by atoms with Crippen LogP contribution in [0.2, 0.25) is 0 Å². The molecule has 2 aromatic heterocycles. The maximum Gasteiger partial charge on any atom is 0.177 e. The van der Waals surface area contributed by atoms with Crippen molar-refractivity contribution >= 4 is 5.82 Å². The Labute approximate surface area is 110 Å². The molecule has 0 aliphatic carbocycles. The second-order valence-corrected chi connectivity index (χ2v) is 4.31. The Hall–Kier alpha value is -2.69. The Morgan fingerprint density at radius 2 is 1.89 bits per heavy atom. The minimum Gasteiger partial charge on any atom is -0.384 e. The Morgan fingerprint density at radius 3 is 2.58 bits per heavy atom. The molecular weight excluding hydrogens is 238 g/mol. The van der Waals surface area contributed by atoms with E-state index in [0.29, 0.717) is 11.6 Å². The summed E-state index contributed by atoms with van der Waals surface area (Å²) in [6, 6.07) is 13.6. The van der Waals surface area contributed by atoms with E-state index < -0.39 is 0 Å². The zero-order valence-electron chi connectivity index (χ0n) is 10.5. The van der Waals surface area contributed by atoms with Gasteiger partial charge >= 0.3 is 0 Å². The van der Waals surface area contributed by atoms with Gasteiger partial charge in [-0.25, -0.2) is 0 Å². The SMILES string of the molecule is Cc1ccc(-c2cc(N)n(-c3cccnn3)n2)cc1. The van der Waals surface area contributed by atoms with Gasteiger partial charge in [0.2, 0.25) is 0 Å². The number of aromatic nitrogens is 4. The summed E-state index contributed by atoms with van der Waals surface area (Å²) < 4.78 is 1.59. The predicted octanol–water partition coefficient (Wildman–Crippen LogP) is 2.22. The maximum absolute atomic E-state index is 5.97. The first kappa shape index (κ1) is 11.4. The molecule has 3 aromatic rings. The topological polar surface area (TPSA) is 69.6 Å². The van der Waals surface area contributed by atoms with Crippen molar-refractivity contribution in [1.29, 1.82) is 0 Å². The third kappa shape index (κ3) is 2.18. The molecule has 0 atom stereocenters. The highest BCUT2D eigenvalue weighted by atomic mass is 15.4. The van der Waals surface area contributed by atoms with Crippen molar-refractivity contribution < 1.29 is 0 Å². The fourth-order valence-corrected chi connectivity index (χ4v) is 1.85. The number of hydrogen-bond donors (Lipinski definition) is 1. The van der Waals surface area contributed by atoms with Gasteiger partial charge in [0.25, 0.3) is 0 Å². The van der Waals surface area contributed by atoms with Crippen molar-refractivity contribution in [3.05, 3.63) is 54.2 Å². The van der Waals surface area contributed by atoms with Crippen molar-refractivity contribution in [3.8, 4) is 17.1 Å². The van der Waals surface area contributed by atoms with Gasteiger partial charge in [0.1, 0.15) is 5.82 Å². The number of aryl methyl sites for hydroxylation is 1. The summed E-state index contributed by atoms with van der Waals surface area (Å²) in [6.07, 6.45) is 1.62. The van der Waals surface area contributed by atoms with Crippen LogP contribution in [0.15, 0.2) is 48.7 Å². The molecule has 0 aliphatic rings. The van der Waals surface area contributed by atoms with E-state index >= 15 is 0 Å². The zero-order chi connectivity index (χ0) is 13.2. The molecule has 94 valence electrons. The Morgan fingerprint density at radius 1 is 1.11 bits per heavy atom. The lowest BCUT2D eigenvalue weighted by atomic mass is 10.1. The van der Waals surface area contributed by atoms with E-state index in [9.17, 15) is 0 Å². The van der Waals surface area contributed by atoms with Gasteiger partial charge < -0.3 is 5.73 Å². The molecule has 0 spiro atoms. The normalized spacial score (nSPS) is 10.6. The third-order valence-corrected chi connectivity index (χ3v) is 2.86. The van der Waals surface area contributed by atoms with Gasteiger partial charge in [-0.05, 0) is 19.1 Å². The minimum atomic E-state index is 0.538. The molecule has 0 radical (unpaired) electrons. The number of rotatable bonds is 2. The standard InChI is InChI=1S/C14H13N5/c1-10-4-6-11(7-5-10)12-9-13(15)19(18-12)14-3-2-8-16-17-14/h2-9H,15H2,1H3. The first-order valence-corrected chi connectivity index (χ1v) is 5.95. The van der Waals surface area contributed by atoms with Gasteiger partial charge in [-0.15, -0.1) is 5.10 Å². The first-order valence-electron chi connectivity index (χ1n) is 5.95. The van der Waals surface area contributed by atoms with E-state index in [4.69, 9.17) is 5.73 Å². The molecule has 0 saturated heterocycles. The fourth-order valence-electron chi connectivity index (χ4n) is 1.85. The third-order valence-electron chi connectivity index (χ3n) is 2.86. The largest absolute Gasteiger partial charge is 0.384 e. The monoisotopic (exact) mass is 251 g/mol. The molecule has 5 nitrogen and oxygen atoms in total. The second-order valence-electron chi connectivity index (χ2n) is 4.31. The van der Waals surface area contributed by atoms with Gasteiger partial charge in [0, 0.05) is 17.8 Å². The number of hydrogen-bond acceptors (Lipinski definition) is 4. The van der Waals surface area contributed by atoms with E-state index in [0.717, 1.165) is 11.3 Å². The molecule has 0 aliphatic heterocycles. The van der Waals surface area contributed by atoms with Crippen LogP contribution in [-0.4, -0.2) is 20.0 Å². The van der Waals surface area contributed by atoms with E-state index in [1.165, 1.54) is 5.56 Å². The molecule has 0 fully saturated rings. The van der Waals surface area contributed by atoms with E-state index in [2.05, 4.69) is 22.2 Å². The van der Waals surface area contributed by atoms with E-state index in [-0.39, 0.29) is 0 Å². The molecular formula is C14H13N5. The van der Waals surface area contributed by atoms with Gasteiger partial charge in [-0.1, -0.05) is 29.8 Å². The van der Waals surface area contributed by atoms with Crippen LogP contribution in [0.25, 0.3) is 17.1 Å². The average molecular weight is 251 g/mol. The summed E-state index contributed by atoms with van der Waals surface area (Å²) in [5, 5.41) is 12.3. The highest BCUT2D eigenvalue weighted by Gasteiger charge is 2.09. The van der Waals surface area contributed by atoms with Crippen molar-refractivity contribution in [3.63, 3.8) is 0 Å². The molecule has 5 heteroatoms. The van der Waals surface area contributed by atoms with Crippen molar-refractivity contribution in [2.45, 2.75) is 6.92 Å². The maximum atomic E-state index is 5.97. The fraction of sp³-hybridized carbons (Fsp3) is 0.0714. The average Bonchev–Trinajstić information content (AvgIpc) is 2.83. The molecule has 1 aromatic carbocycles. The summed E-state index contributed by atoms with van der Waals surface area (Å²) in [6.45, 7) is 2.05. The molecule has 0 saturated carbocycles. The molecule has 0 bridgehead atoms. The van der Waals surface area contributed by atoms with Gasteiger partial charge in [-0.3, -0.25) is 0 Å². The van der Waals surface area contributed by atoms with Crippen LogP contribution in [0.3, 0.4) is 0 Å². The summed E-state index contributed by atoms with van der Waals surface area (Å²) in [7, 11) is 0.